The zero-order valence-electron chi connectivity index (χ0n) is 11.4. The minimum atomic E-state index is -1.03. The zero-order valence-corrected chi connectivity index (χ0v) is 12.2. The minimum Gasteiger partial charge on any atom is -0.481 e. The van der Waals surface area contributed by atoms with E-state index in [0.29, 0.717) is 0 Å². The third-order valence-electron chi connectivity index (χ3n) is 3.22. The molecule has 1 aliphatic heterocycles. The lowest BCUT2D eigenvalue weighted by Crippen LogP contribution is -2.46. The Morgan fingerprint density at radius 1 is 1.50 bits per heavy atom. The molecular formula is C13H13ClN2O6. The molecule has 1 amide bonds. The fourth-order valence-corrected chi connectivity index (χ4v) is 2.40. The third kappa shape index (κ3) is 3.71. The number of carbonyl (C=O) groups excluding carboxylic acids is 1. The van der Waals surface area contributed by atoms with E-state index in [2.05, 4.69) is 0 Å². The second-order valence-corrected chi connectivity index (χ2v) is 5.20. The molecule has 1 aromatic carbocycles. The van der Waals surface area contributed by atoms with Gasteiger partial charge in [-0.3, -0.25) is 19.7 Å². The molecule has 0 spiro atoms. The summed E-state index contributed by atoms with van der Waals surface area (Å²) in [7, 11) is 0. The number of halogens is 1. The molecule has 1 unspecified atom stereocenters. The Hall–Kier alpha value is -2.19. The van der Waals surface area contributed by atoms with Crippen LogP contribution in [0.25, 0.3) is 0 Å². The van der Waals surface area contributed by atoms with Gasteiger partial charge >= 0.3 is 5.97 Å². The maximum atomic E-state index is 12.4. The number of carbonyl (C=O) groups is 2. The van der Waals surface area contributed by atoms with Crippen LogP contribution in [-0.4, -0.2) is 52.6 Å². The van der Waals surface area contributed by atoms with Crippen LogP contribution >= 0.6 is 11.6 Å². The Morgan fingerprint density at radius 2 is 2.23 bits per heavy atom. The molecule has 0 aliphatic carbocycles. The third-order valence-corrected chi connectivity index (χ3v) is 3.45. The topological polar surface area (TPSA) is 110 Å². The van der Waals surface area contributed by atoms with E-state index < -0.39 is 22.9 Å². The number of nitro benzene ring substituents is 1. The Morgan fingerprint density at radius 3 is 2.86 bits per heavy atom. The molecule has 8 nitrogen and oxygen atoms in total. The summed E-state index contributed by atoms with van der Waals surface area (Å²) in [6.07, 6.45) is -0.853. The molecule has 1 atom stereocenters. The minimum absolute atomic E-state index is 0.0743. The lowest BCUT2D eigenvalue weighted by atomic mass is 10.1. The van der Waals surface area contributed by atoms with Gasteiger partial charge in [-0.15, -0.1) is 0 Å². The summed E-state index contributed by atoms with van der Waals surface area (Å²) in [5.41, 5.74) is -0.454. The SMILES string of the molecule is O=C(O)CC1CN(C(=O)c2ccc(Cl)cc2[N+](=O)[O-])CCO1. The second kappa shape index (κ2) is 6.71. The highest BCUT2D eigenvalue weighted by molar-refractivity contribution is 6.31. The summed E-state index contributed by atoms with van der Waals surface area (Å²) in [6.45, 7) is 0.505. The number of amides is 1. The zero-order chi connectivity index (χ0) is 16.3. The quantitative estimate of drug-likeness (QED) is 0.663. The maximum Gasteiger partial charge on any atom is 0.306 e. The molecule has 0 radical (unpaired) electrons. The second-order valence-electron chi connectivity index (χ2n) is 4.76. The summed E-state index contributed by atoms with van der Waals surface area (Å²) in [5.74, 6) is -1.57. The van der Waals surface area contributed by atoms with Gasteiger partial charge in [0, 0.05) is 24.2 Å². The molecule has 0 saturated carbocycles. The summed E-state index contributed by atoms with van der Waals surface area (Å²) >= 11 is 5.72. The van der Waals surface area contributed by atoms with Crippen molar-refractivity contribution >= 4 is 29.2 Å². The maximum absolute atomic E-state index is 12.4. The monoisotopic (exact) mass is 328 g/mol. The number of carboxylic acid groups (broad SMARTS) is 1. The van der Waals surface area contributed by atoms with Gasteiger partial charge in [0.15, 0.2) is 0 Å². The molecule has 1 aliphatic rings. The first-order valence-electron chi connectivity index (χ1n) is 6.45. The predicted molar refractivity (Wildman–Crippen MR) is 76.0 cm³/mol. The van der Waals surface area contributed by atoms with Crippen molar-refractivity contribution in [2.45, 2.75) is 12.5 Å². The van der Waals surface area contributed by atoms with Crippen LogP contribution in [0, 0.1) is 10.1 Å². The average Bonchev–Trinajstić information content (AvgIpc) is 2.46. The van der Waals surface area contributed by atoms with Gasteiger partial charge in [0.05, 0.1) is 24.1 Å². The van der Waals surface area contributed by atoms with Crippen molar-refractivity contribution in [1.82, 2.24) is 4.90 Å². The largest absolute Gasteiger partial charge is 0.481 e. The van der Waals surface area contributed by atoms with Gasteiger partial charge in [-0.25, -0.2) is 0 Å². The van der Waals surface area contributed by atoms with E-state index in [-0.39, 0.29) is 42.4 Å². The summed E-state index contributed by atoms with van der Waals surface area (Å²) in [5, 5.41) is 20.0. The number of carboxylic acids is 1. The highest BCUT2D eigenvalue weighted by Gasteiger charge is 2.30. The molecule has 1 fully saturated rings. The Labute approximate surface area is 130 Å². The molecule has 22 heavy (non-hydrogen) atoms. The van der Waals surface area contributed by atoms with Crippen LogP contribution in [0.2, 0.25) is 5.02 Å². The van der Waals surface area contributed by atoms with Crippen molar-refractivity contribution in [2.75, 3.05) is 19.7 Å². The van der Waals surface area contributed by atoms with Crippen molar-refractivity contribution in [2.24, 2.45) is 0 Å². The van der Waals surface area contributed by atoms with Crippen LogP contribution in [0.15, 0.2) is 18.2 Å². The smallest absolute Gasteiger partial charge is 0.306 e. The van der Waals surface area contributed by atoms with Crippen molar-refractivity contribution in [3.05, 3.63) is 38.9 Å². The van der Waals surface area contributed by atoms with E-state index in [0.717, 1.165) is 6.07 Å². The van der Waals surface area contributed by atoms with E-state index in [1.165, 1.54) is 17.0 Å². The molecule has 1 aromatic rings. The van der Waals surface area contributed by atoms with Crippen LogP contribution in [0.4, 0.5) is 5.69 Å². The van der Waals surface area contributed by atoms with Crippen molar-refractivity contribution in [1.29, 1.82) is 0 Å². The number of morpholine rings is 1. The Balaban J connectivity index is 2.21. The fourth-order valence-electron chi connectivity index (χ4n) is 2.23. The van der Waals surface area contributed by atoms with E-state index in [1.54, 1.807) is 0 Å². The standard InChI is InChI=1S/C13H13ClN2O6/c14-8-1-2-10(11(5-8)16(20)21)13(19)15-3-4-22-9(7-15)6-12(17)18/h1-2,5,9H,3-4,6-7H2,(H,17,18). The normalized spacial score (nSPS) is 18.0. The number of nitro groups is 1. The molecule has 2 rings (SSSR count). The number of benzene rings is 1. The van der Waals surface area contributed by atoms with Gasteiger partial charge < -0.3 is 14.7 Å². The number of ether oxygens (including phenoxy) is 1. The first-order valence-corrected chi connectivity index (χ1v) is 6.83. The number of aliphatic carboxylic acids is 1. The molecule has 0 bridgehead atoms. The van der Waals surface area contributed by atoms with Crippen LogP contribution in [-0.2, 0) is 9.53 Å². The highest BCUT2D eigenvalue weighted by atomic mass is 35.5. The predicted octanol–water partition coefficient (Wildman–Crippen LogP) is 1.56. The Bertz CT molecular complexity index is 621. The van der Waals surface area contributed by atoms with Gasteiger partial charge in [0.2, 0.25) is 0 Å². The summed E-state index contributed by atoms with van der Waals surface area (Å²) < 4.78 is 5.27. The van der Waals surface area contributed by atoms with Gasteiger partial charge in [0.1, 0.15) is 5.56 Å². The first kappa shape index (κ1) is 16.2. The highest BCUT2D eigenvalue weighted by Crippen LogP contribution is 2.25. The lowest BCUT2D eigenvalue weighted by Gasteiger charge is -2.32. The van der Waals surface area contributed by atoms with Gasteiger partial charge in [-0.05, 0) is 12.1 Å². The van der Waals surface area contributed by atoms with Crippen LogP contribution in [0.1, 0.15) is 16.8 Å². The summed E-state index contributed by atoms with van der Waals surface area (Å²) in [6, 6.07) is 3.81. The van der Waals surface area contributed by atoms with Gasteiger partial charge in [-0.2, -0.15) is 0 Å². The van der Waals surface area contributed by atoms with Crippen molar-refractivity contribution < 1.29 is 24.4 Å². The van der Waals surface area contributed by atoms with Crippen LogP contribution in [0.5, 0.6) is 0 Å². The van der Waals surface area contributed by atoms with Crippen LogP contribution < -0.4 is 0 Å². The van der Waals surface area contributed by atoms with Crippen molar-refractivity contribution in [3.8, 4) is 0 Å². The fraction of sp³-hybridized carbons (Fsp3) is 0.385. The molecule has 1 saturated heterocycles. The molecule has 0 aromatic heterocycles. The number of rotatable bonds is 4. The van der Waals surface area contributed by atoms with Gasteiger partial charge in [-0.1, -0.05) is 11.6 Å². The molecule has 9 heteroatoms. The molecular weight excluding hydrogens is 316 g/mol. The van der Waals surface area contributed by atoms with E-state index in [1.807, 2.05) is 0 Å². The lowest BCUT2D eigenvalue weighted by molar-refractivity contribution is -0.385. The van der Waals surface area contributed by atoms with E-state index >= 15 is 0 Å². The Kier molecular flexibility index (Phi) is 4.94. The number of hydrogen-bond acceptors (Lipinski definition) is 5. The number of nitrogens with zero attached hydrogens (tertiary/aromatic N) is 2. The average molecular weight is 329 g/mol. The molecule has 1 heterocycles. The van der Waals surface area contributed by atoms with Crippen LogP contribution in [0.3, 0.4) is 0 Å². The summed E-state index contributed by atoms with van der Waals surface area (Å²) in [4.78, 5) is 34.9. The van der Waals surface area contributed by atoms with Crippen molar-refractivity contribution in [3.63, 3.8) is 0 Å². The number of hydrogen-bond donors (Lipinski definition) is 1. The molecule has 1 N–H and O–H groups in total. The van der Waals surface area contributed by atoms with Gasteiger partial charge in [0.25, 0.3) is 11.6 Å². The van der Waals surface area contributed by atoms with E-state index in [9.17, 15) is 19.7 Å². The van der Waals surface area contributed by atoms with E-state index in [4.69, 9.17) is 21.4 Å². The molecule has 118 valence electrons. The first-order chi connectivity index (χ1) is 10.4.